The first kappa shape index (κ1) is 19.3. The quantitative estimate of drug-likeness (QED) is 0.768. The van der Waals surface area contributed by atoms with Crippen LogP contribution >= 0.6 is 0 Å². The molecule has 0 spiro atoms. The lowest BCUT2D eigenvalue weighted by atomic mass is 9.91. The highest BCUT2D eigenvalue weighted by atomic mass is 16.2. The number of anilines is 1. The molecular weight excluding hydrogens is 374 g/mol. The third kappa shape index (κ3) is 3.43. The van der Waals surface area contributed by atoms with Crippen LogP contribution < -0.4 is 10.2 Å². The first-order valence-corrected chi connectivity index (χ1v) is 9.95. The van der Waals surface area contributed by atoms with E-state index in [0.717, 1.165) is 17.7 Å². The molecule has 8 nitrogen and oxygen atoms in total. The Morgan fingerprint density at radius 3 is 2.45 bits per heavy atom. The number of hydrogen-bond acceptors (Lipinski definition) is 6. The number of amides is 4. The highest BCUT2D eigenvalue weighted by Gasteiger charge is 2.46. The molecule has 3 aliphatic heterocycles. The van der Waals surface area contributed by atoms with Crippen molar-refractivity contribution in [1.82, 2.24) is 10.2 Å². The van der Waals surface area contributed by atoms with Crippen molar-refractivity contribution in [3.8, 4) is 0 Å². The van der Waals surface area contributed by atoms with E-state index in [1.165, 1.54) is 0 Å². The molecule has 1 atom stereocenters. The Hall–Kier alpha value is -3.03. The van der Waals surface area contributed by atoms with E-state index in [-0.39, 0.29) is 18.6 Å². The zero-order chi connectivity index (χ0) is 20.7. The van der Waals surface area contributed by atoms with Gasteiger partial charge in [-0.15, -0.1) is 0 Å². The number of nitrogens with one attached hydrogen (secondary N) is 1. The standard InChI is InChI=1S/C21H23N3O5/c1-12(25)11-13-7-9-23(10-8-13)15-4-2-3-14-18(15)21(29)24(20(14)28)16-5-6-17(26)22-19(16)27/h2-4,13,16H,5-11H2,1H3,(H,22,26,27). The van der Waals surface area contributed by atoms with E-state index >= 15 is 0 Å². The smallest absolute Gasteiger partial charge is 0.264 e. The first-order valence-electron chi connectivity index (χ1n) is 9.95. The minimum Gasteiger partial charge on any atom is -0.371 e. The molecule has 4 rings (SSSR count). The third-order valence-electron chi connectivity index (χ3n) is 5.98. The Balaban J connectivity index is 1.58. The van der Waals surface area contributed by atoms with Gasteiger partial charge in [-0.2, -0.15) is 0 Å². The van der Waals surface area contributed by atoms with Crippen LogP contribution in [0.5, 0.6) is 0 Å². The molecule has 0 aliphatic carbocycles. The van der Waals surface area contributed by atoms with Crippen LogP contribution in [-0.2, 0) is 14.4 Å². The van der Waals surface area contributed by atoms with Gasteiger partial charge in [-0.1, -0.05) is 6.07 Å². The van der Waals surface area contributed by atoms with E-state index < -0.39 is 29.7 Å². The Morgan fingerprint density at radius 2 is 1.79 bits per heavy atom. The van der Waals surface area contributed by atoms with E-state index in [0.29, 0.717) is 42.2 Å². The summed E-state index contributed by atoms with van der Waals surface area (Å²) in [6.45, 7) is 3.01. The number of piperidine rings is 2. The minimum absolute atomic E-state index is 0.0976. The van der Waals surface area contributed by atoms with Gasteiger partial charge in [0.15, 0.2) is 0 Å². The van der Waals surface area contributed by atoms with Gasteiger partial charge in [0.25, 0.3) is 11.8 Å². The average molecular weight is 397 g/mol. The summed E-state index contributed by atoms with van der Waals surface area (Å²) in [6.07, 6.45) is 2.51. The minimum atomic E-state index is -0.964. The normalized spacial score (nSPS) is 22.7. The Morgan fingerprint density at radius 1 is 1.07 bits per heavy atom. The largest absolute Gasteiger partial charge is 0.371 e. The van der Waals surface area contributed by atoms with Crippen molar-refractivity contribution in [3.05, 3.63) is 29.3 Å². The van der Waals surface area contributed by atoms with Crippen LogP contribution in [-0.4, -0.2) is 53.4 Å². The van der Waals surface area contributed by atoms with Gasteiger partial charge in [0.2, 0.25) is 11.8 Å². The summed E-state index contributed by atoms with van der Waals surface area (Å²) >= 11 is 0. The number of carbonyl (C=O) groups excluding carboxylic acids is 5. The van der Waals surface area contributed by atoms with Gasteiger partial charge in [-0.05, 0) is 44.2 Å². The molecule has 8 heteroatoms. The molecular formula is C21H23N3O5. The lowest BCUT2D eigenvalue weighted by Crippen LogP contribution is -2.54. The fourth-order valence-electron chi connectivity index (χ4n) is 4.55. The van der Waals surface area contributed by atoms with E-state index in [1.54, 1.807) is 19.1 Å². The molecule has 0 bridgehead atoms. The van der Waals surface area contributed by atoms with Crippen LogP contribution in [0.2, 0.25) is 0 Å². The van der Waals surface area contributed by atoms with Crippen molar-refractivity contribution in [3.63, 3.8) is 0 Å². The molecule has 29 heavy (non-hydrogen) atoms. The number of ketones is 1. The summed E-state index contributed by atoms with van der Waals surface area (Å²) in [6, 6.07) is 4.21. The number of benzene rings is 1. The van der Waals surface area contributed by atoms with Crippen LogP contribution in [0.1, 0.15) is 59.7 Å². The van der Waals surface area contributed by atoms with Crippen LogP contribution in [0.4, 0.5) is 5.69 Å². The number of imide groups is 2. The van der Waals surface area contributed by atoms with Crippen molar-refractivity contribution >= 4 is 35.1 Å². The molecule has 0 saturated carbocycles. The van der Waals surface area contributed by atoms with Crippen molar-refractivity contribution in [1.29, 1.82) is 0 Å². The van der Waals surface area contributed by atoms with E-state index in [4.69, 9.17) is 0 Å². The number of carbonyl (C=O) groups is 5. The van der Waals surface area contributed by atoms with Gasteiger partial charge in [0.05, 0.1) is 16.8 Å². The second kappa shape index (κ2) is 7.42. The number of Topliss-reactive ketones (excluding diaryl/α,β-unsaturated/α-hetero) is 1. The zero-order valence-corrected chi connectivity index (χ0v) is 16.3. The van der Waals surface area contributed by atoms with Crippen molar-refractivity contribution < 1.29 is 24.0 Å². The second-order valence-corrected chi connectivity index (χ2v) is 7.98. The van der Waals surface area contributed by atoms with Crippen molar-refractivity contribution in [2.45, 2.75) is 45.1 Å². The second-order valence-electron chi connectivity index (χ2n) is 7.98. The van der Waals surface area contributed by atoms with Crippen LogP contribution in [0.25, 0.3) is 0 Å². The van der Waals surface area contributed by atoms with E-state index in [1.807, 2.05) is 6.07 Å². The molecule has 4 amide bonds. The van der Waals surface area contributed by atoms with Gasteiger partial charge in [-0.25, -0.2) is 0 Å². The van der Waals surface area contributed by atoms with Gasteiger partial charge in [0.1, 0.15) is 11.8 Å². The summed E-state index contributed by atoms with van der Waals surface area (Å²) in [5, 5.41) is 2.21. The summed E-state index contributed by atoms with van der Waals surface area (Å²) < 4.78 is 0. The molecule has 0 radical (unpaired) electrons. The zero-order valence-electron chi connectivity index (χ0n) is 16.3. The molecule has 0 aromatic heterocycles. The lowest BCUT2D eigenvalue weighted by molar-refractivity contribution is -0.136. The van der Waals surface area contributed by atoms with Crippen molar-refractivity contribution in [2.24, 2.45) is 5.92 Å². The number of fused-ring (bicyclic) bond motifs is 1. The third-order valence-corrected chi connectivity index (χ3v) is 5.98. The molecule has 2 fully saturated rings. The molecule has 152 valence electrons. The molecule has 1 aromatic carbocycles. The first-order chi connectivity index (χ1) is 13.9. The summed E-state index contributed by atoms with van der Waals surface area (Å²) in [7, 11) is 0. The Labute approximate surface area is 168 Å². The Kier molecular flexibility index (Phi) is 4.94. The van der Waals surface area contributed by atoms with Gasteiger partial charge >= 0.3 is 0 Å². The predicted molar refractivity (Wildman–Crippen MR) is 103 cm³/mol. The molecule has 1 unspecified atom stereocenters. The van der Waals surface area contributed by atoms with Crippen LogP contribution in [0, 0.1) is 5.92 Å². The average Bonchev–Trinajstić information content (AvgIpc) is 2.93. The van der Waals surface area contributed by atoms with Crippen LogP contribution in [0.3, 0.4) is 0 Å². The van der Waals surface area contributed by atoms with Gasteiger partial charge < -0.3 is 9.69 Å². The highest BCUT2D eigenvalue weighted by molar-refractivity contribution is 6.25. The maximum Gasteiger partial charge on any atom is 0.264 e. The summed E-state index contributed by atoms with van der Waals surface area (Å²) in [5.74, 6) is -1.45. The van der Waals surface area contributed by atoms with Crippen molar-refractivity contribution in [2.75, 3.05) is 18.0 Å². The topological polar surface area (TPSA) is 104 Å². The molecule has 2 saturated heterocycles. The summed E-state index contributed by atoms with van der Waals surface area (Å²) in [5.41, 5.74) is 1.31. The SMILES string of the molecule is CC(=O)CC1CCN(c2cccc3c2C(=O)N(C2CCC(=O)NC2=O)C3=O)CC1. The molecule has 3 aliphatic rings. The van der Waals surface area contributed by atoms with Gasteiger partial charge in [-0.3, -0.25) is 29.4 Å². The maximum absolute atomic E-state index is 13.2. The number of rotatable bonds is 4. The number of hydrogen-bond donors (Lipinski definition) is 1. The summed E-state index contributed by atoms with van der Waals surface area (Å²) in [4.78, 5) is 64.2. The molecule has 3 heterocycles. The fraction of sp³-hybridized carbons (Fsp3) is 0.476. The Bertz CT molecular complexity index is 917. The predicted octanol–water partition coefficient (Wildman–Crippen LogP) is 1.28. The number of nitrogens with zero attached hydrogens (tertiary/aromatic N) is 2. The lowest BCUT2D eigenvalue weighted by Gasteiger charge is -2.34. The fourth-order valence-corrected chi connectivity index (χ4v) is 4.55. The van der Waals surface area contributed by atoms with E-state index in [2.05, 4.69) is 10.2 Å². The molecule has 1 aromatic rings. The van der Waals surface area contributed by atoms with E-state index in [9.17, 15) is 24.0 Å². The van der Waals surface area contributed by atoms with Crippen LogP contribution in [0.15, 0.2) is 18.2 Å². The highest BCUT2D eigenvalue weighted by Crippen LogP contribution is 2.36. The van der Waals surface area contributed by atoms with Gasteiger partial charge in [0, 0.05) is 25.9 Å². The maximum atomic E-state index is 13.2. The monoisotopic (exact) mass is 397 g/mol. The molecule has 1 N–H and O–H groups in total.